The summed E-state index contributed by atoms with van der Waals surface area (Å²) in [4.78, 5) is 0. The predicted molar refractivity (Wildman–Crippen MR) is 122 cm³/mol. The normalized spacial score (nSPS) is 21.7. The number of hydrogen-bond donors (Lipinski definition) is 0. The average Bonchev–Trinajstić information content (AvgIpc) is 3.14. The number of hydrogen-bond acceptors (Lipinski definition) is 0. The van der Waals surface area contributed by atoms with Gasteiger partial charge in [0.1, 0.15) is 0 Å². The van der Waals surface area contributed by atoms with Crippen LogP contribution in [0.3, 0.4) is 0 Å². The summed E-state index contributed by atoms with van der Waals surface area (Å²) in [6, 6.07) is 17.5. The molecule has 27 heavy (non-hydrogen) atoms. The lowest BCUT2D eigenvalue weighted by Gasteiger charge is -2.39. The second kappa shape index (κ2) is 6.95. The van der Waals surface area contributed by atoms with E-state index >= 15 is 0 Å². The van der Waals surface area contributed by atoms with Crippen LogP contribution in [0.2, 0.25) is 13.1 Å². The van der Waals surface area contributed by atoms with E-state index in [2.05, 4.69) is 75.5 Å². The molecular weight excluding hydrogens is 387 g/mol. The van der Waals surface area contributed by atoms with Crippen molar-refractivity contribution >= 4 is 41.3 Å². The van der Waals surface area contributed by atoms with Crippen molar-refractivity contribution in [3.05, 3.63) is 81.9 Å². The van der Waals surface area contributed by atoms with Gasteiger partial charge in [-0.1, -0.05) is 98.7 Å². The van der Waals surface area contributed by atoms with Gasteiger partial charge in [0.2, 0.25) is 0 Å². The summed E-state index contributed by atoms with van der Waals surface area (Å²) in [6.07, 6.45) is 2.00. The zero-order valence-electron chi connectivity index (χ0n) is 16.4. The Bertz CT molecular complexity index is 890. The van der Waals surface area contributed by atoms with E-state index in [0.717, 1.165) is 22.9 Å². The first-order valence-electron chi connectivity index (χ1n) is 9.89. The Balaban J connectivity index is 1.92. The highest BCUT2D eigenvalue weighted by molar-refractivity contribution is 6.82. The maximum absolute atomic E-state index is 6.88. The van der Waals surface area contributed by atoms with Gasteiger partial charge in [-0.3, -0.25) is 0 Å². The third kappa shape index (κ3) is 2.70. The molecule has 0 amide bonds. The molecule has 0 bridgehead atoms. The molecule has 2 aliphatic carbocycles. The van der Waals surface area contributed by atoms with Gasteiger partial charge in [-0.2, -0.15) is 0 Å². The van der Waals surface area contributed by atoms with Crippen LogP contribution in [-0.2, 0) is 0 Å². The van der Waals surface area contributed by atoms with Crippen molar-refractivity contribution < 1.29 is 0 Å². The lowest BCUT2D eigenvalue weighted by Crippen LogP contribution is -2.42. The maximum atomic E-state index is 6.88. The molecule has 2 unspecified atom stereocenters. The Morgan fingerprint density at radius 3 is 1.44 bits per heavy atom. The Hall–Kier alpha value is -1.28. The van der Waals surface area contributed by atoms with Crippen LogP contribution in [0.5, 0.6) is 0 Å². The van der Waals surface area contributed by atoms with Gasteiger partial charge in [-0.05, 0) is 46.2 Å². The zero-order chi connectivity index (χ0) is 19.3. The van der Waals surface area contributed by atoms with Gasteiger partial charge in [0, 0.05) is 21.1 Å². The van der Waals surface area contributed by atoms with E-state index in [1.807, 2.05) is 0 Å². The van der Waals surface area contributed by atoms with Gasteiger partial charge in [-0.15, -0.1) is 0 Å². The van der Waals surface area contributed by atoms with Crippen LogP contribution in [0.15, 0.2) is 59.7 Å². The lowest BCUT2D eigenvalue weighted by molar-refractivity contribution is 0.897. The molecule has 2 aromatic rings. The van der Waals surface area contributed by atoms with Crippen LogP contribution in [0.25, 0.3) is 10.1 Å². The Morgan fingerprint density at radius 1 is 0.704 bits per heavy atom. The van der Waals surface area contributed by atoms with Crippen molar-refractivity contribution in [2.45, 2.75) is 50.9 Å². The monoisotopic (exact) mass is 412 g/mol. The summed E-state index contributed by atoms with van der Waals surface area (Å²) >= 11 is 13.8. The van der Waals surface area contributed by atoms with Gasteiger partial charge < -0.3 is 0 Å². The van der Waals surface area contributed by atoms with E-state index < -0.39 is 8.07 Å². The van der Waals surface area contributed by atoms with E-state index in [4.69, 9.17) is 23.2 Å². The van der Waals surface area contributed by atoms with Crippen molar-refractivity contribution in [3.63, 3.8) is 0 Å². The van der Waals surface area contributed by atoms with E-state index in [1.54, 1.807) is 0 Å². The minimum Gasteiger partial charge on any atom is -0.0837 e. The standard InChI is InChI=1S/C24H26Cl2Si/c1-5-15-21(25)17-11-7-9-13-19(17)23(15)27(3,4)24-16(6-2)22(26)18-12-8-10-14-20(18)24/h7-14,23-24H,5-6H2,1-4H3. The molecule has 0 nitrogen and oxygen atoms in total. The summed E-state index contributed by atoms with van der Waals surface area (Å²) in [6.45, 7) is 9.55. The highest BCUT2D eigenvalue weighted by atomic mass is 35.5. The molecule has 0 fully saturated rings. The minimum atomic E-state index is -1.88. The second-order valence-electron chi connectivity index (χ2n) is 8.25. The minimum absolute atomic E-state index is 0.438. The highest BCUT2D eigenvalue weighted by Gasteiger charge is 2.49. The van der Waals surface area contributed by atoms with E-state index in [1.165, 1.54) is 33.4 Å². The predicted octanol–water partition coefficient (Wildman–Crippen LogP) is 8.09. The molecule has 0 N–H and O–H groups in total. The molecule has 3 heteroatoms. The van der Waals surface area contributed by atoms with Crippen molar-refractivity contribution in [1.82, 2.24) is 0 Å². The van der Waals surface area contributed by atoms with Crippen molar-refractivity contribution in [3.8, 4) is 0 Å². The van der Waals surface area contributed by atoms with E-state index in [-0.39, 0.29) is 0 Å². The summed E-state index contributed by atoms with van der Waals surface area (Å²) in [5, 5.41) is 1.97. The quantitative estimate of drug-likeness (QED) is 0.444. The van der Waals surface area contributed by atoms with Crippen molar-refractivity contribution in [2.24, 2.45) is 0 Å². The molecule has 140 valence electrons. The summed E-state index contributed by atoms with van der Waals surface area (Å²) in [5.74, 6) is 0. The highest BCUT2D eigenvalue weighted by Crippen LogP contribution is 2.57. The first kappa shape index (κ1) is 19.1. The van der Waals surface area contributed by atoms with Crippen molar-refractivity contribution in [1.29, 1.82) is 0 Å². The number of rotatable bonds is 4. The van der Waals surface area contributed by atoms with E-state index in [0.29, 0.717) is 11.1 Å². The fraction of sp³-hybridized carbons (Fsp3) is 0.333. The Kier molecular flexibility index (Phi) is 4.91. The smallest absolute Gasteiger partial charge is 0.0723 e. The molecule has 2 atom stereocenters. The van der Waals surface area contributed by atoms with Crippen LogP contribution in [0.4, 0.5) is 0 Å². The molecule has 0 aromatic heterocycles. The SMILES string of the molecule is CCC1=C(Cl)c2ccccc2C1[Si](C)(C)C1C(CC)=C(Cl)c2ccccc21. The molecule has 2 aliphatic rings. The topological polar surface area (TPSA) is 0 Å². The van der Waals surface area contributed by atoms with Gasteiger partial charge >= 0.3 is 0 Å². The van der Waals surface area contributed by atoms with E-state index in [9.17, 15) is 0 Å². The molecule has 0 saturated heterocycles. The molecular formula is C24H26Cl2Si. The van der Waals surface area contributed by atoms with Crippen molar-refractivity contribution in [2.75, 3.05) is 0 Å². The molecule has 2 aromatic carbocycles. The van der Waals surface area contributed by atoms with Crippen LogP contribution in [0.1, 0.15) is 60.0 Å². The van der Waals surface area contributed by atoms with Crippen LogP contribution in [-0.4, -0.2) is 8.07 Å². The second-order valence-corrected chi connectivity index (χ2v) is 13.8. The molecule has 0 aliphatic heterocycles. The first-order chi connectivity index (χ1) is 12.9. The number of allylic oxidation sites excluding steroid dienone is 2. The van der Waals surface area contributed by atoms with Crippen LogP contribution in [0, 0.1) is 0 Å². The molecule has 0 spiro atoms. The molecule has 4 rings (SSSR count). The lowest BCUT2D eigenvalue weighted by atomic mass is 10.1. The summed E-state index contributed by atoms with van der Waals surface area (Å²) < 4.78 is 0. The Labute approximate surface area is 173 Å². The fourth-order valence-corrected chi connectivity index (χ4v) is 11.4. The van der Waals surface area contributed by atoms with Gasteiger partial charge in [0.15, 0.2) is 0 Å². The number of fused-ring (bicyclic) bond motifs is 2. The van der Waals surface area contributed by atoms with Gasteiger partial charge in [-0.25, -0.2) is 0 Å². The summed E-state index contributed by atoms with van der Waals surface area (Å²) in [7, 11) is -1.88. The fourth-order valence-electron chi connectivity index (χ4n) is 5.46. The van der Waals surface area contributed by atoms with Gasteiger partial charge in [0.25, 0.3) is 0 Å². The third-order valence-corrected chi connectivity index (χ3v) is 11.7. The number of benzene rings is 2. The largest absolute Gasteiger partial charge is 0.0837 e. The molecule has 0 saturated carbocycles. The first-order valence-corrected chi connectivity index (χ1v) is 13.8. The van der Waals surface area contributed by atoms with Crippen LogP contribution >= 0.6 is 23.2 Å². The Morgan fingerprint density at radius 2 is 1.07 bits per heavy atom. The summed E-state index contributed by atoms with van der Waals surface area (Å²) in [5.41, 5.74) is 9.04. The van der Waals surface area contributed by atoms with Gasteiger partial charge in [0.05, 0.1) is 8.07 Å². The third-order valence-electron chi connectivity index (χ3n) is 6.53. The zero-order valence-corrected chi connectivity index (χ0v) is 19.0. The average molecular weight is 413 g/mol. The van der Waals surface area contributed by atoms with Crippen LogP contribution < -0.4 is 0 Å². The molecule has 0 radical (unpaired) electrons. The number of halogens is 2. The maximum Gasteiger partial charge on any atom is 0.0723 e. The molecule has 0 heterocycles.